The van der Waals surface area contributed by atoms with Crippen LogP contribution in [0.25, 0.3) is 0 Å². The van der Waals surface area contributed by atoms with E-state index in [-0.39, 0.29) is 12.6 Å². The second kappa shape index (κ2) is 7.09. The number of ether oxygens (including phenoxy) is 1. The van der Waals surface area contributed by atoms with Crippen molar-refractivity contribution >= 4 is 17.6 Å². The Kier molecular flexibility index (Phi) is 5.73. The van der Waals surface area contributed by atoms with Crippen molar-refractivity contribution in [2.45, 2.75) is 19.4 Å². The van der Waals surface area contributed by atoms with Gasteiger partial charge in [0.2, 0.25) is 0 Å². The number of esters is 1. The predicted molar refractivity (Wildman–Crippen MR) is 66.8 cm³/mol. The normalized spacial score (nSPS) is 12.6. The van der Waals surface area contributed by atoms with E-state index in [2.05, 4.69) is 0 Å². The van der Waals surface area contributed by atoms with Gasteiger partial charge in [0.25, 0.3) is 0 Å². The Labute approximate surface area is 106 Å². The number of hydrogen-bond donors (Lipinski definition) is 1. The summed E-state index contributed by atoms with van der Waals surface area (Å²) >= 11 is 5.74. The largest absolute Gasteiger partial charge is 0.461 e. The fourth-order valence-corrected chi connectivity index (χ4v) is 1.32. The highest BCUT2D eigenvalue weighted by Crippen LogP contribution is 2.17. The molecule has 1 atom stereocenters. The SMILES string of the molecule is CCC(=O)OC/C=C/C(O)c1ccc(Cl)cc1. The molecule has 4 heteroatoms. The summed E-state index contributed by atoms with van der Waals surface area (Å²) in [5.74, 6) is -0.254. The van der Waals surface area contributed by atoms with Gasteiger partial charge in [-0.2, -0.15) is 0 Å². The Morgan fingerprint density at radius 1 is 1.47 bits per heavy atom. The molecule has 0 spiro atoms. The zero-order chi connectivity index (χ0) is 12.7. The average molecular weight is 255 g/mol. The molecule has 0 bridgehead atoms. The van der Waals surface area contributed by atoms with Gasteiger partial charge in [0.1, 0.15) is 6.61 Å². The van der Waals surface area contributed by atoms with E-state index in [9.17, 15) is 9.90 Å². The fourth-order valence-electron chi connectivity index (χ4n) is 1.20. The van der Waals surface area contributed by atoms with E-state index < -0.39 is 6.10 Å². The van der Waals surface area contributed by atoms with E-state index in [1.807, 2.05) is 0 Å². The molecule has 0 fully saturated rings. The van der Waals surface area contributed by atoms with Gasteiger partial charge in [-0.3, -0.25) is 4.79 Å². The molecule has 0 aliphatic carbocycles. The van der Waals surface area contributed by atoms with Gasteiger partial charge in [-0.15, -0.1) is 0 Å². The maximum Gasteiger partial charge on any atom is 0.305 e. The van der Waals surface area contributed by atoms with Crippen molar-refractivity contribution in [3.63, 3.8) is 0 Å². The molecule has 0 radical (unpaired) electrons. The fraction of sp³-hybridized carbons (Fsp3) is 0.308. The lowest BCUT2D eigenvalue weighted by atomic mass is 10.1. The van der Waals surface area contributed by atoms with E-state index in [4.69, 9.17) is 16.3 Å². The number of aliphatic hydroxyl groups excluding tert-OH is 1. The summed E-state index contributed by atoms with van der Waals surface area (Å²) in [6.45, 7) is 1.91. The molecular formula is C13H15ClO3. The van der Waals surface area contributed by atoms with Crippen LogP contribution in [0.2, 0.25) is 5.02 Å². The molecule has 0 heterocycles. The number of rotatable bonds is 5. The van der Waals surface area contributed by atoms with Crippen molar-refractivity contribution in [3.8, 4) is 0 Å². The average Bonchev–Trinajstić information content (AvgIpc) is 2.34. The highest BCUT2D eigenvalue weighted by molar-refractivity contribution is 6.30. The van der Waals surface area contributed by atoms with Crippen LogP contribution in [-0.4, -0.2) is 17.7 Å². The minimum Gasteiger partial charge on any atom is -0.461 e. The Hall–Kier alpha value is -1.32. The van der Waals surface area contributed by atoms with E-state index in [0.29, 0.717) is 11.4 Å². The molecule has 1 aromatic rings. The Balaban J connectivity index is 2.43. The van der Waals surface area contributed by atoms with Gasteiger partial charge in [-0.05, 0) is 23.8 Å². The first kappa shape index (κ1) is 13.7. The van der Waals surface area contributed by atoms with Gasteiger partial charge < -0.3 is 9.84 Å². The maximum atomic E-state index is 10.8. The predicted octanol–water partition coefficient (Wildman–Crippen LogP) is 2.88. The number of aliphatic hydroxyl groups is 1. The molecule has 17 heavy (non-hydrogen) atoms. The molecule has 3 nitrogen and oxygen atoms in total. The summed E-state index contributed by atoms with van der Waals surface area (Å²) in [4.78, 5) is 10.8. The van der Waals surface area contributed by atoms with Crippen molar-refractivity contribution in [3.05, 3.63) is 47.0 Å². The van der Waals surface area contributed by atoms with Crippen molar-refractivity contribution in [2.75, 3.05) is 6.61 Å². The summed E-state index contributed by atoms with van der Waals surface area (Å²) < 4.78 is 4.84. The minimum absolute atomic E-state index is 0.178. The second-order valence-electron chi connectivity index (χ2n) is 3.46. The molecule has 0 aromatic heterocycles. The van der Waals surface area contributed by atoms with E-state index in [1.165, 1.54) is 0 Å². The zero-order valence-electron chi connectivity index (χ0n) is 9.60. The topological polar surface area (TPSA) is 46.5 Å². The molecule has 0 aliphatic rings. The van der Waals surface area contributed by atoms with Crippen molar-refractivity contribution < 1.29 is 14.6 Å². The second-order valence-corrected chi connectivity index (χ2v) is 3.90. The van der Waals surface area contributed by atoms with Crippen LogP contribution in [0.5, 0.6) is 0 Å². The summed E-state index contributed by atoms with van der Waals surface area (Å²) in [5, 5.41) is 10.4. The van der Waals surface area contributed by atoms with Crippen LogP contribution < -0.4 is 0 Å². The highest BCUT2D eigenvalue weighted by Gasteiger charge is 2.02. The van der Waals surface area contributed by atoms with Crippen LogP contribution >= 0.6 is 11.6 Å². The van der Waals surface area contributed by atoms with Crippen LogP contribution in [0.15, 0.2) is 36.4 Å². The third kappa shape index (κ3) is 5.02. The summed E-state index contributed by atoms with van der Waals surface area (Å²) in [7, 11) is 0. The van der Waals surface area contributed by atoms with Gasteiger partial charge in [0, 0.05) is 11.4 Å². The van der Waals surface area contributed by atoms with Crippen LogP contribution in [0.1, 0.15) is 25.0 Å². The number of carbonyl (C=O) groups excluding carboxylic acids is 1. The number of carbonyl (C=O) groups is 1. The lowest BCUT2D eigenvalue weighted by Gasteiger charge is -2.05. The Morgan fingerprint density at radius 3 is 2.71 bits per heavy atom. The first-order chi connectivity index (χ1) is 8.13. The lowest BCUT2D eigenvalue weighted by Crippen LogP contribution is -2.02. The molecule has 92 valence electrons. The first-order valence-corrected chi connectivity index (χ1v) is 5.77. The van der Waals surface area contributed by atoms with Crippen LogP contribution in [0.3, 0.4) is 0 Å². The van der Waals surface area contributed by atoms with E-state index >= 15 is 0 Å². The van der Waals surface area contributed by atoms with Gasteiger partial charge in [0.05, 0.1) is 6.10 Å². The van der Waals surface area contributed by atoms with Gasteiger partial charge in [-0.1, -0.05) is 36.7 Å². The lowest BCUT2D eigenvalue weighted by molar-refractivity contribution is -0.141. The molecule has 1 N–H and O–H groups in total. The van der Waals surface area contributed by atoms with E-state index in [1.54, 1.807) is 43.3 Å². The molecule has 1 rings (SSSR count). The summed E-state index contributed by atoms with van der Waals surface area (Å²) in [6.07, 6.45) is 2.83. The monoisotopic (exact) mass is 254 g/mol. The van der Waals surface area contributed by atoms with Crippen LogP contribution in [-0.2, 0) is 9.53 Å². The maximum absolute atomic E-state index is 10.8. The molecular weight excluding hydrogens is 240 g/mol. The molecule has 0 saturated heterocycles. The summed E-state index contributed by atoms with van der Waals surface area (Å²) in [5.41, 5.74) is 0.743. The van der Waals surface area contributed by atoms with Crippen LogP contribution in [0, 0.1) is 0 Å². The summed E-state index contributed by atoms with van der Waals surface area (Å²) in [6, 6.07) is 6.92. The van der Waals surface area contributed by atoms with Crippen molar-refractivity contribution in [2.24, 2.45) is 0 Å². The number of benzene rings is 1. The third-order valence-electron chi connectivity index (χ3n) is 2.16. The minimum atomic E-state index is -0.715. The number of halogens is 1. The van der Waals surface area contributed by atoms with Crippen molar-refractivity contribution in [1.82, 2.24) is 0 Å². The van der Waals surface area contributed by atoms with Gasteiger partial charge in [0.15, 0.2) is 0 Å². The standard InChI is InChI=1S/C13H15ClO3/c1-2-13(16)17-9-3-4-12(15)10-5-7-11(14)8-6-10/h3-8,12,15H,2,9H2,1H3/b4-3+. The van der Waals surface area contributed by atoms with Crippen LogP contribution in [0.4, 0.5) is 0 Å². The Bertz CT molecular complexity index is 384. The van der Waals surface area contributed by atoms with E-state index in [0.717, 1.165) is 5.56 Å². The Morgan fingerprint density at radius 2 is 2.12 bits per heavy atom. The molecule has 0 amide bonds. The number of hydrogen-bond acceptors (Lipinski definition) is 3. The molecule has 1 unspecified atom stereocenters. The molecule has 0 aliphatic heterocycles. The zero-order valence-corrected chi connectivity index (χ0v) is 10.4. The van der Waals surface area contributed by atoms with Gasteiger partial charge in [-0.25, -0.2) is 0 Å². The third-order valence-corrected chi connectivity index (χ3v) is 2.41. The molecule has 1 aromatic carbocycles. The molecule has 0 saturated carbocycles. The smallest absolute Gasteiger partial charge is 0.305 e. The first-order valence-electron chi connectivity index (χ1n) is 5.39. The highest BCUT2D eigenvalue weighted by atomic mass is 35.5. The quantitative estimate of drug-likeness (QED) is 0.649. The van der Waals surface area contributed by atoms with Crippen molar-refractivity contribution in [1.29, 1.82) is 0 Å². The van der Waals surface area contributed by atoms with Gasteiger partial charge >= 0.3 is 5.97 Å².